The zero-order valence-corrected chi connectivity index (χ0v) is 17.7. The fourth-order valence-corrected chi connectivity index (χ4v) is 4.67. The molecule has 0 heterocycles. The largest absolute Gasteiger partial charge is 0.385 e. The first-order chi connectivity index (χ1) is 13.2. The summed E-state index contributed by atoms with van der Waals surface area (Å²) in [5.41, 5.74) is 1.41. The molecule has 5 nitrogen and oxygen atoms in total. The quantitative estimate of drug-likeness (QED) is 0.448. The van der Waals surface area contributed by atoms with E-state index in [-0.39, 0.29) is 5.41 Å². The molecule has 0 saturated heterocycles. The Morgan fingerprint density at radius 2 is 1.96 bits per heavy atom. The van der Waals surface area contributed by atoms with E-state index >= 15 is 0 Å². The van der Waals surface area contributed by atoms with Crippen molar-refractivity contribution in [1.82, 2.24) is 10.6 Å². The van der Waals surface area contributed by atoms with Crippen LogP contribution in [0.4, 0.5) is 0 Å². The van der Waals surface area contributed by atoms with Gasteiger partial charge in [0.25, 0.3) is 0 Å². The lowest BCUT2D eigenvalue weighted by molar-refractivity contribution is 0.141. The Morgan fingerprint density at radius 1 is 1.22 bits per heavy atom. The molecule has 1 aliphatic carbocycles. The van der Waals surface area contributed by atoms with Crippen molar-refractivity contribution in [3.63, 3.8) is 0 Å². The number of benzene rings is 1. The summed E-state index contributed by atoms with van der Waals surface area (Å²) in [6.45, 7) is 5.19. The highest BCUT2D eigenvalue weighted by Gasteiger charge is 2.33. The molecule has 0 bridgehead atoms. The lowest BCUT2D eigenvalue weighted by Gasteiger charge is -2.27. The average molecular weight is 394 g/mol. The molecule has 27 heavy (non-hydrogen) atoms. The Hall–Kier alpha value is -1.40. The van der Waals surface area contributed by atoms with Gasteiger partial charge in [0, 0.05) is 55.7 Å². The molecule has 1 fully saturated rings. The fourth-order valence-electron chi connectivity index (χ4n) is 3.63. The fraction of sp³-hybridized carbons (Fsp3) is 0.667. The molecule has 152 valence electrons. The molecule has 1 aromatic carbocycles. The maximum Gasteiger partial charge on any atom is 0.191 e. The number of methoxy groups -OCH3 is 1. The van der Waals surface area contributed by atoms with Gasteiger partial charge in [0.05, 0.1) is 0 Å². The topological polar surface area (TPSA) is 62.7 Å². The SMILES string of the molecule is CCNC(=NCC1(CCOC)CCCC1)NCCS(=O)Cc1ccccc1. The summed E-state index contributed by atoms with van der Waals surface area (Å²) in [4.78, 5) is 4.84. The molecule has 0 spiro atoms. The minimum absolute atomic E-state index is 0.286. The minimum Gasteiger partial charge on any atom is -0.385 e. The zero-order valence-electron chi connectivity index (χ0n) is 16.8. The summed E-state index contributed by atoms with van der Waals surface area (Å²) in [6.07, 6.45) is 6.14. The monoisotopic (exact) mass is 393 g/mol. The highest BCUT2D eigenvalue weighted by Crippen LogP contribution is 2.41. The van der Waals surface area contributed by atoms with Crippen LogP contribution in [0.1, 0.15) is 44.6 Å². The number of ether oxygens (including phenoxy) is 1. The van der Waals surface area contributed by atoms with Crippen LogP contribution in [-0.4, -0.2) is 49.3 Å². The average Bonchev–Trinajstić information content (AvgIpc) is 3.14. The Balaban J connectivity index is 1.81. The molecule has 0 radical (unpaired) electrons. The second-order valence-electron chi connectivity index (χ2n) is 7.35. The second kappa shape index (κ2) is 12.1. The summed E-state index contributed by atoms with van der Waals surface area (Å²) in [6, 6.07) is 10.0. The Morgan fingerprint density at radius 3 is 2.63 bits per heavy atom. The van der Waals surface area contributed by atoms with Gasteiger partial charge in [-0.1, -0.05) is 43.2 Å². The Kier molecular flexibility index (Phi) is 9.84. The summed E-state index contributed by atoms with van der Waals surface area (Å²) >= 11 is 0. The highest BCUT2D eigenvalue weighted by molar-refractivity contribution is 7.84. The summed E-state index contributed by atoms with van der Waals surface area (Å²) in [7, 11) is 0.899. The second-order valence-corrected chi connectivity index (χ2v) is 8.92. The van der Waals surface area contributed by atoms with Gasteiger partial charge in [0.15, 0.2) is 5.96 Å². The van der Waals surface area contributed by atoms with Gasteiger partial charge in [-0.3, -0.25) is 9.20 Å². The summed E-state index contributed by atoms with van der Waals surface area (Å²) < 4.78 is 17.6. The van der Waals surface area contributed by atoms with Crippen molar-refractivity contribution < 1.29 is 8.95 Å². The number of aliphatic imine (C=N–C) groups is 1. The van der Waals surface area contributed by atoms with E-state index in [0.29, 0.717) is 18.1 Å². The molecule has 1 atom stereocenters. The van der Waals surface area contributed by atoms with Crippen LogP contribution in [0.5, 0.6) is 0 Å². The predicted octanol–water partition coefficient (Wildman–Crippen LogP) is 3.09. The molecule has 2 rings (SSSR count). The van der Waals surface area contributed by atoms with E-state index in [2.05, 4.69) is 17.6 Å². The first-order valence-corrected chi connectivity index (χ1v) is 11.6. The van der Waals surface area contributed by atoms with E-state index in [0.717, 1.165) is 37.6 Å². The maximum absolute atomic E-state index is 12.3. The minimum atomic E-state index is -0.872. The van der Waals surface area contributed by atoms with Crippen LogP contribution in [0, 0.1) is 5.41 Å². The third-order valence-corrected chi connectivity index (χ3v) is 6.52. The highest BCUT2D eigenvalue weighted by atomic mass is 32.2. The molecule has 1 aromatic rings. The number of nitrogens with one attached hydrogen (secondary N) is 2. The van der Waals surface area contributed by atoms with Gasteiger partial charge in [-0.2, -0.15) is 0 Å². The molecule has 0 aliphatic heterocycles. The van der Waals surface area contributed by atoms with E-state index in [1.807, 2.05) is 30.3 Å². The first kappa shape index (κ1) is 21.9. The van der Waals surface area contributed by atoms with Gasteiger partial charge in [-0.05, 0) is 37.2 Å². The molecule has 0 amide bonds. The van der Waals surface area contributed by atoms with Crippen LogP contribution < -0.4 is 10.6 Å². The van der Waals surface area contributed by atoms with Crippen LogP contribution in [0.3, 0.4) is 0 Å². The number of hydrogen-bond acceptors (Lipinski definition) is 3. The van der Waals surface area contributed by atoms with E-state index < -0.39 is 10.8 Å². The molecular weight excluding hydrogens is 358 g/mol. The van der Waals surface area contributed by atoms with Gasteiger partial charge in [-0.25, -0.2) is 0 Å². The van der Waals surface area contributed by atoms with Gasteiger partial charge >= 0.3 is 0 Å². The lowest BCUT2D eigenvalue weighted by Crippen LogP contribution is -2.40. The van der Waals surface area contributed by atoms with Crippen LogP contribution >= 0.6 is 0 Å². The zero-order chi connectivity index (χ0) is 19.4. The van der Waals surface area contributed by atoms with Crippen LogP contribution in [0.25, 0.3) is 0 Å². The van der Waals surface area contributed by atoms with Gasteiger partial charge in [0.1, 0.15) is 0 Å². The smallest absolute Gasteiger partial charge is 0.191 e. The number of hydrogen-bond donors (Lipinski definition) is 2. The van der Waals surface area contributed by atoms with Crippen molar-refractivity contribution in [2.75, 3.05) is 39.1 Å². The van der Waals surface area contributed by atoms with Crippen molar-refractivity contribution >= 4 is 16.8 Å². The molecule has 1 unspecified atom stereocenters. The van der Waals surface area contributed by atoms with E-state index in [1.165, 1.54) is 25.7 Å². The van der Waals surface area contributed by atoms with E-state index in [9.17, 15) is 4.21 Å². The van der Waals surface area contributed by atoms with Crippen LogP contribution in [0.2, 0.25) is 0 Å². The molecule has 0 aromatic heterocycles. The van der Waals surface area contributed by atoms with E-state index in [4.69, 9.17) is 9.73 Å². The van der Waals surface area contributed by atoms with Crippen LogP contribution in [0.15, 0.2) is 35.3 Å². The molecule has 1 aliphatic rings. The third kappa shape index (κ3) is 8.01. The summed E-state index contributed by atoms with van der Waals surface area (Å²) in [5.74, 6) is 2.06. The number of nitrogens with zero attached hydrogens (tertiary/aromatic N) is 1. The van der Waals surface area contributed by atoms with Crippen molar-refractivity contribution in [2.24, 2.45) is 10.4 Å². The summed E-state index contributed by atoms with van der Waals surface area (Å²) in [5, 5.41) is 6.66. The van der Waals surface area contributed by atoms with Crippen molar-refractivity contribution in [1.29, 1.82) is 0 Å². The molecule has 2 N–H and O–H groups in total. The molecule has 1 saturated carbocycles. The van der Waals surface area contributed by atoms with Crippen molar-refractivity contribution in [3.05, 3.63) is 35.9 Å². The predicted molar refractivity (Wildman–Crippen MR) is 115 cm³/mol. The van der Waals surface area contributed by atoms with Crippen molar-refractivity contribution in [2.45, 2.75) is 44.8 Å². The number of rotatable bonds is 11. The Labute approximate surface area is 166 Å². The first-order valence-electron chi connectivity index (χ1n) is 10.1. The standard InChI is InChI=1S/C21H35N3O2S/c1-3-22-20(24-18-21(13-15-26-2)11-7-8-12-21)23-14-16-27(25)17-19-9-5-4-6-10-19/h4-6,9-10H,3,7-8,11-18H2,1-2H3,(H2,22,23,24). The number of guanidine groups is 1. The molecular formula is C21H35N3O2S. The molecule has 6 heteroatoms. The maximum atomic E-state index is 12.3. The van der Waals surface area contributed by atoms with Gasteiger partial charge in [0.2, 0.25) is 0 Å². The lowest BCUT2D eigenvalue weighted by atomic mass is 9.83. The van der Waals surface area contributed by atoms with Gasteiger partial charge in [-0.15, -0.1) is 0 Å². The van der Waals surface area contributed by atoms with Crippen molar-refractivity contribution in [3.8, 4) is 0 Å². The van der Waals surface area contributed by atoms with E-state index in [1.54, 1.807) is 7.11 Å². The normalized spacial score (nSPS) is 17.6. The third-order valence-electron chi connectivity index (χ3n) is 5.21. The van der Waals surface area contributed by atoms with Crippen LogP contribution in [-0.2, 0) is 21.3 Å². The van der Waals surface area contributed by atoms with Gasteiger partial charge < -0.3 is 15.4 Å². The Bertz CT molecular complexity index is 586.